The molecule has 1 fully saturated rings. The van der Waals surface area contributed by atoms with Crippen molar-refractivity contribution in [3.63, 3.8) is 0 Å². The van der Waals surface area contributed by atoms with Crippen LogP contribution in [0, 0.1) is 12.7 Å². The van der Waals surface area contributed by atoms with Gasteiger partial charge in [-0.2, -0.15) is 13.2 Å². The maximum Gasteiger partial charge on any atom is 0.417 e. The lowest BCUT2D eigenvalue weighted by Gasteiger charge is -2.12. The number of alkyl halides is 3. The molecule has 0 atom stereocenters. The smallest absolute Gasteiger partial charge is 0.349 e. The molecule has 33 heavy (non-hydrogen) atoms. The van der Waals surface area contributed by atoms with Gasteiger partial charge < -0.3 is 5.32 Å². The van der Waals surface area contributed by atoms with Gasteiger partial charge in [-0.1, -0.05) is 18.2 Å². The standard InChI is InChI=1S/C24H18F4N4O/c1-13-18(10-15(11-20(13)25)23(33)29-16-6-7-16)14-8-9-32-21(12-14)30-31-22(32)17-4-2-3-5-19(17)24(26,27)28/h2-5,8-12,16H,6-7H2,1H3,(H,29,33). The molecule has 0 aliphatic heterocycles. The van der Waals surface area contributed by atoms with E-state index in [1.54, 1.807) is 31.3 Å². The second-order valence-electron chi connectivity index (χ2n) is 8.09. The Hall–Kier alpha value is -3.75. The third-order valence-corrected chi connectivity index (χ3v) is 5.71. The predicted octanol–water partition coefficient (Wildman–Crippen LogP) is 5.42. The average molecular weight is 454 g/mol. The molecule has 0 radical (unpaired) electrons. The van der Waals surface area contributed by atoms with E-state index < -0.39 is 17.6 Å². The monoisotopic (exact) mass is 454 g/mol. The third kappa shape index (κ3) is 3.94. The maximum atomic E-state index is 14.6. The van der Waals surface area contributed by atoms with Crippen LogP contribution in [0.4, 0.5) is 17.6 Å². The number of aromatic nitrogens is 3. The fraction of sp³-hybridized carbons (Fsp3) is 0.208. The van der Waals surface area contributed by atoms with Crippen LogP contribution in [0.25, 0.3) is 28.2 Å². The van der Waals surface area contributed by atoms with E-state index in [0.717, 1.165) is 18.9 Å². The Kier molecular flexibility index (Phi) is 4.92. The van der Waals surface area contributed by atoms with Gasteiger partial charge in [0.1, 0.15) is 5.82 Å². The van der Waals surface area contributed by atoms with Crippen LogP contribution in [-0.2, 0) is 6.18 Å². The van der Waals surface area contributed by atoms with Crippen molar-refractivity contribution in [1.82, 2.24) is 19.9 Å². The molecule has 1 aliphatic rings. The molecule has 2 heterocycles. The Balaban J connectivity index is 1.58. The van der Waals surface area contributed by atoms with Crippen molar-refractivity contribution in [1.29, 1.82) is 0 Å². The SMILES string of the molecule is Cc1c(F)cc(C(=O)NC2CC2)cc1-c1ccn2c(-c3ccccc3C(F)(F)F)nnc2c1. The van der Waals surface area contributed by atoms with Gasteiger partial charge in [0.2, 0.25) is 0 Å². The quantitative estimate of drug-likeness (QED) is 0.419. The van der Waals surface area contributed by atoms with Crippen LogP contribution < -0.4 is 5.32 Å². The van der Waals surface area contributed by atoms with Gasteiger partial charge in [0.25, 0.3) is 5.91 Å². The maximum absolute atomic E-state index is 14.6. The first-order valence-corrected chi connectivity index (χ1v) is 10.3. The number of pyridine rings is 1. The highest BCUT2D eigenvalue weighted by atomic mass is 19.4. The fourth-order valence-electron chi connectivity index (χ4n) is 3.77. The van der Waals surface area contributed by atoms with Crippen LogP contribution in [0.2, 0.25) is 0 Å². The zero-order chi connectivity index (χ0) is 23.3. The summed E-state index contributed by atoms with van der Waals surface area (Å²) in [5, 5.41) is 10.8. The summed E-state index contributed by atoms with van der Waals surface area (Å²) in [5.41, 5.74) is 1.03. The molecular formula is C24H18F4N4O. The van der Waals surface area contributed by atoms with Crippen LogP contribution in [0.3, 0.4) is 0 Å². The van der Waals surface area contributed by atoms with E-state index in [4.69, 9.17) is 0 Å². The first-order valence-electron chi connectivity index (χ1n) is 10.3. The molecule has 5 rings (SSSR count). The van der Waals surface area contributed by atoms with E-state index in [9.17, 15) is 22.4 Å². The van der Waals surface area contributed by atoms with Crippen LogP contribution in [0.1, 0.15) is 34.3 Å². The molecule has 1 aliphatic carbocycles. The van der Waals surface area contributed by atoms with Gasteiger partial charge in [0.05, 0.1) is 5.56 Å². The summed E-state index contributed by atoms with van der Waals surface area (Å²) >= 11 is 0. The lowest BCUT2D eigenvalue weighted by molar-refractivity contribution is -0.137. The Bertz CT molecular complexity index is 1390. The fourth-order valence-corrected chi connectivity index (χ4v) is 3.77. The number of nitrogens with zero attached hydrogens (tertiary/aromatic N) is 3. The molecule has 1 amide bonds. The second-order valence-corrected chi connectivity index (χ2v) is 8.09. The molecule has 0 saturated heterocycles. The summed E-state index contributed by atoms with van der Waals surface area (Å²) in [7, 11) is 0. The van der Waals surface area contributed by atoms with E-state index in [0.29, 0.717) is 22.3 Å². The van der Waals surface area contributed by atoms with Crippen molar-refractivity contribution in [3.8, 4) is 22.5 Å². The van der Waals surface area contributed by atoms with Gasteiger partial charge in [0.15, 0.2) is 11.5 Å². The van der Waals surface area contributed by atoms with Crippen molar-refractivity contribution in [2.24, 2.45) is 0 Å². The van der Waals surface area contributed by atoms with E-state index >= 15 is 0 Å². The zero-order valence-corrected chi connectivity index (χ0v) is 17.4. The number of nitrogens with one attached hydrogen (secondary N) is 1. The van der Waals surface area contributed by atoms with Gasteiger partial charge in [-0.3, -0.25) is 9.20 Å². The first kappa shape index (κ1) is 21.1. The molecule has 168 valence electrons. The Morgan fingerprint density at radius 2 is 1.82 bits per heavy atom. The van der Waals surface area contributed by atoms with E-state index in [2.05, 4.69) is 15.5 Å². The summed E-state index contributed by atoms with van der Waals surface area (Å²) < 4.78 is 56.5. The van der Waals surface area contributed by atoms with Crippen molar-refractivity contribution in [3.05, 3.63) is 77.2 Å². The largest absolute Gasteiger partial charge is 0.417 e. The minimum absolute atomic E-state index is 0.0462. The summed E-state index contributed by atoms with van der Waals surface area (Å²) in [6.45, 7) is 1.60. The molecule has 0 bridgehead atoms. The number of benzene rings is 2. The molecule has 2 aromatic heterocycles. The zero-order valence-electron chi connectivity index (χ0n) is 17.4. The van der Waals surface area contributed by atoms with E-state index in [1.165, 1.54) is 28.7 Å². The molecule has 1 saturated carbocycles. The van der Waals surface area contributed by atoms with Crippen LogP contribution in [0.15, 0.2) is 54.7 Å². The molecule has 5 nitrogen and oxygen atoms in total. The van der Waals surface area contributed by atoms with Gasteiger partial charge in [-0.15, -0.1) is 10.2 Å². The molecule has 0 unspecified atom stereocenters. The number of rotatable bonds is 4. The summed E-state index contributed by atoms with van der Waals surface area (Å²) in [5.74, 6) is -0.813. The minimum Gasteiger partial charge on any atom is -0.349 e. The van der Waals surface area contributed by atoms with Gasteiger partial charge in [-0.25, -0.2) is 4.39 Å². The lowest BCUT2D eigenvalue weighted by Crippen LogP contribution is -2.25. The van der Waals surface area contributed by atoms with Crippen molar-refractivity contribution < 1.29 is 22.4 Å². The number of halogens is 4. The molecule has 1 N–H and O–H groups in total. The normalized spacial score (nSPS) is 14.0. The van der Waals surface area contributed by atoms with Crippen molar-refractivity contribution in [2.75, 3.05) is 0 Å². The summed E-state index contributed by atoms with van der Waals surface area (Å²) in [6.07, 6.45) is -1.17. The lowest BCUT2D eigenvalue weighted by atomic mass is 9.97. The van der Waals surface area contributed by atoms with Gasteiger partial charge >= 0.3 is 6.18 Å². The Morgan fingerprint density at radius 3 is 2.55 bits per heavy atom. The highest BCUT2D eigenvalue weighted by Gasteiger charge is 2.34. The summed E-state index contributed by atoms with van der Waals surface area (Å²) in [4.78, 5) is 12.4. The number of fused-ring (bicyclic) bond motifs is 1. The van der Waals surface area contributed by atoms with Crippen molar-refractivity contribution >= 4 is 11.6 Å². The second kappa shape index (κ2) is 7.68. The highest BCUT2D eigenvalue weighted by Crippen LogP contribution is 2.37. The molecule has 4 aromatic rings. The third-order valence-electron chi connectivity index (χ3n) is 5.71. The Labute approximate surface area is 186 Å². The topological polar surface area (TPSA) is 59.3 Å². The van der Waals surface area contributed by atoms with Gasteiger partial charge in [-0.05, 0) is 66.8 Å². The first-order chi connectivity index (χ1) is 15.7. The molecule has 9 heteroatoms. The number of carbonyl (C=O) groups excluding carboxylic acids is 1. The number of hydrogen-bond acceptors (Lipinski definition) is 3. The predicted molar refractivity (Wildman–Crippen MR) is 114 cm³/mol. The average Bonchev–Trinajstić information content (AvgIpc) is 3.50. The van der Waals surface area contributed by atoms with E-state index in [1.807, 2.05) is 0 Å². The molecule has 0 spiro atoms. The van der Waals surface area contributed by atoms with Crippen LogP contribution in [-0.4, -0.2) is 26.5 Å². The van der Waals surface area contributed by atoms with Gasteiger partial charge in [0, 0.05) is 23.4 Å². The van der Waals surface area contributed by atoms with Crippen molar-refractivity contribution in [2.45, 2.75) is 32.0 Å². The highest BCUT2D eigenvalue weighted by molar-refractivity contribution is 5.96. The molecule has 2 aromatic carbocycles. The Morgan fingerprint density at radius 1 is 1.06 bits per heavy atom. The minimum atomic E-state index is -4.54. The number of hydrogen-bond donors (Lipinski definition) is 1. The number of carbonyl (C=O) groups is 1. The summed E-state index contributed by atoms with van der Waals surface area (Å²) in [6, 6.07) is 11.4. The van der Waals surface area contributed by atoms with Crippen LogP contribution >= 0.6 is 0 Å². The van der Waals surface area contributed by atoms with Crippen LogP contribution in [0.5, 0.6) is 0 Å². The number of amides is 1. The van der Waals surface area contributed by atoms with E-state index in [-0.39, 0.29) is 28.9 Å². The molecular weight excluding hydrogens is 436 g/mol.